The summed E-state index contributed by atoms with van der Waals surface area (Å²) in [5, 5.41) is 5.79. The van der Waals surface area contributed by atoms with Crippen LogP contribution < -0.4 is 10.6 Å². The average Bonchev–Trinajstić information content (AvgIpc) is 2.40. The molecule has 0 bridgehead atoms. The highest BCUT2D eigenvalue weighted by molar-refractivity contribution is 6.34. The first kappa shape index (κ1) is 16.5. The molecule has 0 atom stereocenters. The minimum atomic E-state index is -0.161. The van der Waals surface area contributed by atoms with Gasteiger partial charge in [-0.15, -0.1) is 0 Å². The number of halogens is 1. The fourth-order valence-electron chi connectivity index (χ4n) is 1.81. The van der Waals surface area contributed by atoms with E-state index in [1.807, 2.05) is 13.8 Å². The lowest BCUT2D eigenvalue weighted by Crippen LogP contribution is -2.30. The van der Waals surface area contributed by atoms with Crippen LogP contribution in [0, 0.1) is 0 Å². The number of benzene rings is 1. The molecule has 0 radical (unpaired) electrons. The molecule has 0 aliphatic rings. The summed E-state index contributed by atoms with van der Waals surface area (Å²) in [4.78, 5) is 25.4. The van der Waals surface area contributed by atoms with E-state index in [0.717, 1.165) is 0 Å². The maximum atomic E-state index is 12.2. The Morgan fingerprint density at radius 1 is 1.25 bits per heavy atom. The van der Waals surface area contributed by atoms with E-state index < -0.39 is 0 Å². The molecular weight excluding hydrogens is 278 g/mol. The Morgan fingerprint density at radius 2 is 1.90 bits per heavy atom. The monoisotopic (exact) mass is 297 g/mol. The predicted octanol–water partition coefficient (Wildman–Crippen LogP) is 1.98. The highest BCUT2D eigenvalue weighted by Crippen LogP contribution is 2.22. The van der Waals surface area contributed by atoms with Gasteiger partial charge < -0.3 is 15.5 Å². The molecule has 0 saturated carbocycles. The molecule has 0 saturated heterocycles. The lowest BCUT2D eigenvalue weighted by molar-refractivity contribution is -0.115. The summed E-state index contributed by atoms with van der Waals surface area (Å²) in [6, 6.07) is 4.90. The van der Waals surface area contributed by atoms with Crippen molar-refractivity contribution in [2.24, 2.45) is 0 Å². The second-order valence-electron chi connectivity index (χ2n) is 4.25. The number of hydrogen-bond acceptors (Lipinski definition) is 3. The summed E-state index contributed by atoms with van der Waals surface area (Å²) >= 11 is 6.13. The Hall–Kier alpha value is -1.59. The van der Waals surface area contributed by atoms with Crippen LogP contribution in [0.25, 0.3) is 0 Å². The van der Waals surface area contributed by atoms with Crippen molar-refractivity contribution in [2.75, 3.05) is 32.0 Å². The fourth-order valence-corrected chi connectivity index (χ4v) is 2.07. The number of hydrogen-bond donors (Lipinski definition) is 2. The Bertz CT molecular complexity index is 487. The fraction of sp³-hybridized carbons (Fsp3) is 0.429. The molecule has 110 valence electrons. The van der Waals surface area contributed by atoms with E-state index in [1.165, 1.54) is 0 Å². The number of amides is 2. The third-order valence-corrected chi connectivity index (χ3v) is 3.18. The molecular formula is C14H20ClN3O2. The van der Waals surface area contributed by atoms with E-state index in [4.69, 9.17) is 11.6 Å². The van der Waals surface area contributed by atoms with Gasteiger partial charge in [-0.2, -0.15) is 0 Å². The van der Waals surface area contributed by atoms with Crippen molar-refractivity contribution >= 4 is 29.1 Å². The van der Waals surface area contributed by atoms with Gasteiger partial charge in [0.05, 0.1) is 17.1 Å². The normalized spacial score (nSPS) is 10.2. The summed E-state index contributed by atoms with van der Waals surface area (Å²) in [7, 11) is 1.69. The quantitative estimate of drug-likeness (QED) is 0.844. The van der Waals surface area contributed by atoms with Gasteiger partial charge in [-0.1, -0.05) is 11.6 Å². The molecule has 2 N–H and O–H groups in total. The molecule has 1 aromatic carbocycles. The van der Waals surface area contributed by atoms with Crippen LogP contribution in [-0.4, -0.2) is 43.4 Å². The summed E-state index contributed by atoms with van der Waals surface area (Å²) in [5.74, 6) is -0.264. The van der Waals surface area contributed by atoms with Crippen LogP contribution >= 0.6 is 11.6 Å². The maximum Gasteiger partial charge on any atom is 0.255 e. The van der Waals surface area contributed by atoms with Crippen LogP contribution in [-0.2, 0) is 4.79 Å². The van der Waals surface area contributed by atoms with Crippen LogP contribution in [0.3, 0.4) is 0 Å². The molecule has 0 aromatic heterocycles. The molecule has 0 unspecified atom stereocenters. The Balaban J connectivity index is 2.88. The van der Waals surface area contributed by atoms with Gasteiger partial charge in [0, 0.05) is 18.8 Å². The van der Waals surface area contributed by atoms with E-state index in [9.17, 15) is 9.59 Å². The van der Waals surface area contributed by atoms with Crippen molar-refractivity contribution in [2.45, 2.75) is 13.8 Å². The second kappa shape index (κ2) is 7.87. The van der Waals surface area contributed by atoms with Crippen molar-refractivity contribution < 1.29 is 9.59 Å². The number of nitrogens with zero attached hydrogens (tertiary/aromatic N) is 1. The van der Waals surface area contributed by atoms with Gasteiger partial charge in [-0.25, -0.2) is 0 Å². The Morgan fingerprint density at radius 3 is 2.40 bits per heavy atom. The lowest BCUT2D eigenvalue weighted by atomic mass is 10.1. The summed E-state index contributed by atoms with van der Waals surface area (Å²) in [6.07, 6.45) is 0. The summed E-state index contributed by atoms with van der Waals surface area (Å²) in [5.41, 5.74) is 1.02. The zero-order valence-corrected chi connectivity index (χ0v) is 12.8. The van der Waals surface area contributed by atoms with Gasteiger partial charge >= 0.3 is 0 Å². The Kier molecular flexibility index (Phi) is 6.48. The lowest BCUT2D eigenvalue weighted by Gasteiger charge is -2.19. The van der Waals surface area contributed by atoms with E-state index in [2.05, 4.69) is 10.6 Å². The van der Waals surface area contributed by atoms with Crippen LogP contribution in [0.4, 0.5) is 5.69 Å². The van der Waals surface area contributed by atoms with Crippen LogP contribution in [0.5, 0.6) is 0 Å². The molecule has 1 aromatic rings. The number of carbonyl (C=O) groups is 2. The second-order valence-corrected chi connectivity index (χ2v) is 4.66. The minimum Gasteiger partial charge on any atom is -0.339 e. The van der Waals surface area contributed by atoms with E-state index >= 15 is 0 Å². The van der Waals surface area contributed by atoms with Gasteiger partial charge in [0.25, 0.3) is 5.91 Å². The van der Waals surface area contributed by atoms with Crippen molar-refractivity contribution in [3.8, 4) is 0 Å². The highest BCUT2D eigenvalue weighted by atomic mass is 35.5. The zero-order valence-electron chi connectivity index (χ0n) is 12.0. The first-order valence-electron chi connectivity index (χ1n) is 6.56. The molecule has 0 aliphatic carbocycles. The molecule has 0 spiro atoms. The molecule has 0 aliphatic heterocycles. The Labute approximate surface area is 124 Å². The van der Waals surface area contributed by atoms with Gasteiger partial charge in [-0.05, 0) is 39.1 Å². The molecule has 2 amide bonds. The van der Waals surface area contributed by atoms with Gasteiger partial charge in [0.2, 0.25) is 5.91 Å². The number of likely N-dealkylation sites (N-methyl/N-ethyl adjacent to an activating group) is 1. The molecule has 0 heterocycles. The number of anilines is 1. The highest BCUT2D eigenvalue weighted by Gasteiger charge is 2.16. The molecule has 20 heavy (non-hydrogen) atoms. The summed E-state index contributed by atoms with van der Waals surface area (Å²) < 4.78 is 0. The zero-order chi connectivity index (χ0) is 15.1. The van der Waals surface area contributed by atoms with Crippen molar-refractivity contribution in [3.05, 3.63) is 28.8 Å². The molecule has 5 nitrogen and oxygen atoms in total. The smallest absolute Gasteiger partial charge is 0.255 e. The SMILES string of the molecule is CCN(CC)C(=O)c1ccc(NC(=O)CNC)cc1Cl. The third kappa shape index (κ3) is 4.21. The number of rotatable bonds is 6. The van der Waals surface area contributed by atoms with Gasteiger partial charge in [0.15, 0.2) is 0 Å². The van der Waals surface area contributed by atoms with Crippen LogP contribution in [0.15, 0.2) is 18.2 Å². The van der Waals surface area contributed by atoms with E-state index in [-0.39, 0.29) is 18.4 Å². The standard InChI is InChI=1S/C14H20ClN3O2/c1-4-18(5-2)14(20)11-7-6-10(8-12(11)15)17-13(19)9-16-3/h6-8,16H,4-5,9H2,1-3H3,(H,17,19). The summed E-state index contributed by atoms with van der Waals surface area (Å²) in [6.45, 7) is 5.32. The van der Waals surface area contributed by atoms with E-state index in [0.29, 0.717) is 29.4 Å². The van der Waals surface area contributed by atoms with Gasteiger partial charge in [0.1, 0.15) is 0 Å². The number of carbonyl (C=O) groups excluding carboxylic acids is 2. The first-order valence-corrected chi connectivity index (χ1v) is 6.94. The number of nitrogens with one attached hydrogen (secondary N) is 2. The minimum absolute atomic E-state index is 0.104. The predicted molar refractivity (Wildman–Crippen MR) is 81.3 cm³/mol. The maximum absolute atomic E-state index is 12.2. The molecule has 1 rings (SSSR count). The van der Waals surface area contributed by atoms with Crippen LogP contribution in [0.2, 0.25) is 5.02 Å². The largest absolute Gasteiger partial charge is 0.339 e. The average molecular weight is 298 g/mol. The van der Waals surface area contributed by atoms with Crippen molar-refractivity contribution in [1.29, 1.82) is 0 Å². The van der Waals surface area contributed by atoms with Crippen LogP contribution in [0.1, 0.15) is 24.2 Å². The topological polar surface area (TPSA) is 61.4 Å². The van der Waals surface area contributed by atoms with E-state index in [1.54, 1.807) is 30.1 Å². The molecule has 6 heteroatoms. The van der Waals surface area contributed by atoms with Crippen molar-refractivity contribution in [1.82, 2.24) is 10.2 Å². The first-order chi connectivity index (χ1) is 9.53. The van der Waals surface area contributed by atoms with Crippen molar-refractivity contribution in [3.63, 3.8) is 0 Å². The third-order valence-electron chi connectivity index (χ3n) is 2.87. The van der Waals surface area contributed by atoms with Gasteiger partial charge in [-0.3, -0.25) is 9.59 Å². The molecule has 0 fully saturated rings.